The molecule has 1 saturated heterocycles. The Morgan fingerprint density at radius 1 is 1.14 bits per heavy atom. The fourth-order valence-electron chi connectivity index (χ4n) is 3.72. The zero-order valence-corrected chi connectivity index (χ0v) is 17.8. The first-order valence-electron chi connectivity index (χ1n) is 9.85. The van der Waals surface area contributed by atoms with Crippen LogP contribution in [0.3, 0.4) is 0 Å². The molecule has 0 saturated carbocycles. The number of amides is 1. The van der Waals surface area contributed by atoms with Crippen LogP contribution in [0.15, 0.2) is 35.2 Å². The predicted molar refractivity (Wildman–Crippen MR) is 116 cm³/mol. The molecule has 0 spiro atoms. The second-order valence-electron chi connectivity index (χ2n) is 7.50. The molecule has 7 heteroatoms. The second-order valence-corrected chi connectivity index (χ2v) is 8.21. The lowest BCUT2D eigenvalue weighted by Crippen LogP contribution is -2.39. The maximum absolute atomic E-state index is 12.9. The van der Waals surface area contributed by atoms with Gasteiger partial charge in [0, 0.05) is 23.2 Å². The number of likely N-dealkylation sites (tertiary alicyclic amines) is 1. The molecule has 3 heterocycles. The Kier molecular flexibility index (Phi) is 5.69. The summed E-state index contributed by atoms with van der Waals surface area (Å²) < 4.78 is 0. The van der Waals surface area contributed by atoms with Gasteiger partial charge in [-0.1, -0.05) is 12.1 Å². The van der Waals surface area contributed by atoms with Crippen molar-refractivity contribution in [2.75, 3.05) is 11.9 Å². The van der Waals surface area contributed by atoms with Crippen molar-refractivity contribution in [1.29, 1.82) is 0 Å². The minimum Gasteiger partial charge on any atom is -0.325 e. The lowest BCUT2D eigenvalue weighted by Gasteiger charge is -2.24. The number of nitrogens with zero attached hydrogens (tertiary/aromatic N) is 4. The molecule has 0 bridgehead atoms. The SMILES string of the molecule is Cc1nc(C)c(CN2CCC[C@H]2C(=O)Nc2ccc(-c3cscn3)cc2)nc1C. The average molecular weight is 408 g/mol. The Morgan fingerprint density at radius 2 is 1.90 bits per heavy atom. The molecule has 29 heavy (non-hydrogen) atoms. The largest absolute Gasteiger partial charge is 0.325 e. The lowest BCUT2D eigenvalue weighted by atomic mass is 10.1. The highest BCUT2D eigenvalue weighted by molar-refractivity contribution is 7.07. The van der Waals surface area contributed by atoms with E-state index in [4.69, 9.17) is 4.98 Å². The van der Waals surface area contributed by atoms with Gasteiger partial charge in [-0.3, -0.25) is 19.7 Å². The third-order valence-electron chi connectivity index (χ3n) is 5.48. The van der Waals surface area contributed by atoms with Crippen LogP contribution in [0, 0.1) is 20.8 Å². The van der Waals surface area contributed by atoms with E-state index in [0.29, 0.717) is 6.54 Å². The Morgan fingerprint density at radius 3 is 2.62 bits per heavy atom. The molecule has 3 aromatic rings. The van der Waals surface area contributed by atoms with Gasteiger partial charge in [0.2, 0.25) is 5.91 Å². The van der Waals surface area contributed by atoms with Crippen LogP contribution < -0.4 is 5.32 Å². The predicted octanol–water partition coefficient (Wildman–Crippen LogP) is 4.13. The molecule has 1 N–H and O–H groups in total. The van der Waals surface area contributed by atoms with Gasteiger partial charge in [0.05, 0.1) is 40.0 Å². The first kappa shape index (κ1) is 19.7. The number of anilines is 1. The fraction of sp³-hybridized carbons (Fsp3) is 0.364. The average Bonchev–Trinajstić information content (AvgIpc) is 3.39. The summed E-state index contributed by atoms with van der Waals surface area (Å²) in [5.74, 6) is 0.0401. The van der Waals surface area contributed by atoms with Gasteiger partial charge in [-0.05, 0) is 52.3 Å². The molecule has 6 nitrogen and oxygen atoms in total. The number of carbonyl (C=O) groups is 1. The van der Waals surface area contributed by atoms with E-state index in [1.807, 2.05) is 55.9 Å². The summed E-state index contributed by atoms with van der Waals surface area (Å²) in [5.41, 5.74) is 8.45. The molecule has 1 aromatic carbocycles. The van der Waals surface area contributed by atoms with Gasteiger partial charge >= 0.3 is 0 Å². The number of benzene rings is 1. The quantitative estimate of drug-likeness (QED) is 0.689. The Bertz CT molecular complexity index is 1000. The van der Waals surface area contributed by atoms with Gasteiger partial charge in [0.15, 0.2) is 0 Å². The van der Waals surface area contributed by atoms with Crippen molar-refractivity contribution in [3.63, 3.8) is 0 Å². The summed E-state index contributed by atoms with van der Waals surface area (Å²) in [6.45, 7) is 7.50. The highest BCUT2D eigenvalue weighted by Crippen LogP contribution is 2.24. The number of nitrogens with one attached hydrogen (secondary N) is 1. The number of carbonyl (C=O) groups excluding carboxylic acids is 1. The van der Waals surface area contributed by atoms with Crippen LogP contribution in [0.2, 0.25) is 0 Å². The topological polar surface area (TPSA) is 71.0 Å². The third kappa shape index (κ3) is 4.36. The van der Waals surface area contributed by atoms with Crippen molar-refractivity contribution in [2.24, 2.45) is 0 Å². The van der Waals surface area contributed by atoms with Crippen LogP contribution in [0.25, 0.3) is 11.3 Å². The normalized spacial score (nSPS) is 16.9. The molecule has 0 aliphatic carbocycles. The molecular formula is C22H25N5OS. The number of hydrogen-bond acceptors (Lipinski definition) is 6. The summed E-state index contributed by atoms with van der Waals surface area (Å²) in [5, 5.41) is 5.09. The minimum atomic E-state index is -0.143. The number of aryl methyl sites for hydroxylation is 3. The summed E-state index contributed by atoms with van der Waals surface area (Å²) >= 11 is 1.57. The van der Waals surface area contributed by atoms with Crippen molar-refractivity contribution in [3.8, 4) is 11.3 Å². The van der Waals surface area contributed by atoms with Gasteiger partial charge in [-0.25, -0.2) is 4.98 Å². The molecule has 1 aliphatic heterocycles. The van der Waals surface area contributed by atoms with E-state index >= 15 is 0 Å². The van der Waals surface area contributed by atoms with Gasteiger partial charge in [-0.15, -0.1) is 11.3 Å². The second kappa shape index (κ2) is 8.39. The summed E-state index contributed by atoms with van der Waals surface area (Å²) in [6.07, 6.45) is 1.87. The maximum Gasteiger partial charge on any atom is 0.241 e. The molecular weight excluding hydrogens is 382 g/mol. The van der Waals surface area contributed by atoms with E-state index in [2.05, 4.69) is 20.2 Å². The molecule has 1 amide bonds. The van der Waals surface area contributed by atoms with Crippen LogP contribution in [0.5, 0.6) is 0 Å². The first-order valence-corrected chi connectivity index (χ1v) is 10.8. The molecule has 1 aliphatic rings. The van der Waals surface area contributed by atoms with Crippen molar-refractivity contribution >= 4 is 22.9 Å². The van der Waals surface area contributed by atoms with Crippen molar-refractivity contribution in [2.45, 2.75) is 46.2 Å². The van der Waals surface area contributed by atoms with Crippen LogP contribution >= 0.6 is 11.3 Å². The standard InChI is InChI=1S/C22H25N5OS/c1-14-15(2)25-19(16(3)24-14)11-27-10-4-5-21(27)22(28)26-18-8-6-17(7-9-18)20-12-29-13-23-20/h6-9,12-13,21H,4-5,10-11H2,1-3H3,(H,26,28)/t21-/m0/s1. The Hall–Kier alpha value is -2.64. The van der Waals surface area contributed by atoms with Crippen LogP contribution in [0.4, 0.5) is 5.69 Å². The van der Waals surface area contributed by atoms with E-state index in [1.165, 1.54) is 0 Å². The Balaban J connectivity index is 1.43. The van der Waals surface area contributed by atoms with Crippen LogP contribution in [0.1, 0.15) is 35.6 Å². The van der Waals surface area contributed by atoms with E-state index in [0.717, 1.165) is 59.1 Å². The summed E-state index contributed by atoms with van der Waals surface area (Å²) in [6, 6.07) is 7.71. The zero-order valence-electron chi connectivity index (χ0n) is 17.0. The molecule has 150 valence electrons. The minimum absolute atomic E-state index is 0.0401. The van der Waals surface area contributed by atoms with Gasteiger partial charge in [0.1, 0.15) is 0 Å². The fourth-order valence-corrected chi connectivity index (χ4v) is 4.28. The monoisotopic (exact) mass is 407 g/mol. The maximum atomic E-state index is 12.9. The number of aromatic nitrogens is 3. The van der Waals surface area contributed by atoms with Crippen molar-refractivity contribution < 1.29 is 4.79 Å². The zero-order chi connectivity index (χ0) is 20.4. The molecule has 1 fully saturated rings. The van der Waals surface area contributed by atoms with Gasteiger partial charge < -0.3 is 5.32 Å². The summed E-state index contributed by atoms with van der Waals surface area (Å²) in [7, 11) is 0. The van der Waals surface area contributed by atoms with E-state index in [1.54, 1.807) is 11.3 Å². The Labute approximate surface area is 175 Å². The van der Waals surface area contributed by atoms with Gasteiger partial charge in [0.25, 0.3) is 0 Å². The molecule has 0 unspecified atom stereocenters. The lowest BCUT2D eigenvalue weighted by molar-refractivity contribution is -0.120. The first-order chi connectivity index (χ1) is 14.0. The smallest absolute Gasteiger partial charge is 0.241 e. The molecule has 0 radical (unpaired) electrons. The number of rotatable bonds is 5. The third-order valence-corrected chi connectivity index (χ3v) is 6.07. The van der Waals surface area contributed by atoms with E-state index in [9.17, 15) is 4.79 Å². The number of hydrogen-bond donors (Lipinski definition) is 1. The van der Waals surface area contributed by atoms with Crippen LogP contribution in [-0.4, -0.2) is 38.3 Å². The van der Waals surface area contributed by atoms with Crippen LogP contribution in [-0.2, 0) is 11.3 Å². The van der Waals surface area contributed by atoms with Gasteiger partial charge in [-0.2, -0.15) is 0 Å². The highest BCUT2D eigenvalue weighted by Gasteiger charge is 2.31. The molecule has 1 atom stereocenters. The molecule has 2 aromatic heterocycles. The van der Waals surface area contributed by atoms with E-state index < -0.39 is 0 Å². The van der Waals surface area contributed by atoms with E-state index in [-0.39, 0.29) is 11.9 Å². The van der Waals surface area contributed by atoms with Crippen molar-refractivity contribution in [1.82, 2.24) is 19.9 Å². The molecule has 4 rings (SSSR count). The number of thiazole rings is 1. The highest BCUT2D eigenvalue weighted by atomic mass is 32.1. The van der Waals surface area contributed by atoms with Crippen molar-refractivity contribution in [3.05, 3.63) is 57.9 Å². The summed E-state index contributed by atoms with van der Waals surface area (Å²) in [4.78, 5) is 28.8.